The number of amides is 1. The minimum Gasteiger partial charge on any atom is -0.384 e. The third-order valence-electron chi connectivity index (χ3n) is 3.34. The van der Waals surface area contributed by atoms with Crippen LogP contribution in [-0.2, 0) is 6.54 Å². The number of anilines is 1. The summed E-state index contributed by atoms with van der Waals surface area (Å²) in [5.74, 6) is 1.73. The van der Waals surface area contributed by atoms with Gasteiger partial charge in [-0.2, -0.15) is 0 Å². The second kappa shape index (κ2) is 4.96. The molecular formula is C14H16N4O2. The van der Waals surface area contributed by atoms with Crippen molar-refractivity contribution in [1.82, 2.24) is 15.0 Å². The molecule has 2 N–H and O–H groups in total. The zero-order valence-electron chi connectivity index (χ0n) is 11.2. The Labute approximate surface area is 116 Å². The molecule has 0 spiro atoms. The summed E-state index contributed by atoms with van der Waals surface area (Å²) in [6.07, 6.45) is 3.81. The second-order valence-corrected chi connectivity index (χ2v) is 5.13. The van der Waals surface area contributed by atoms with Gasteiger partial charge in [0.2, 0.25) is 0 Å². The lowest BCUT2D eigenvalue weighted by atomic mass is 10.2. The van der Waals surface area contributed by atoms with Gasteiger partial charge in [-0.3, -0.25) is 4.79 Å². The zero-order valence-corrected chi connectivity index (χ0v) is 11.2. The molecule has 0 aliphatic heterocycles. The number of nitrogens with two attached hydrogens (primary N) is 1. The molecule has 1 amide bonds. The van der Waals surface area contributed by atoms with Crippen molar-refractivity contribution in [2.45, 2.75) is 25.3 Å². The van der Waals surface area contributed by atoms with Gasteiger partial charge >= 0.3 is 0 Å². The van der Waals surface area contributed by atoms with E-state index in [0.717, 1.165) is 11.5 Å². The number of nitrogen functional groups attached to an aromatic ring is 1. The van der Waals surface area contributed by atoms with Crippen molar-refractivity contribution in [2.75, 3.05) is 12.8 Å². The van der Waals surface area contributed by atoms with Gasteiger partial charge in [-0.1, -0.05) is 5.16 Å². The second-order valence-electron chi connectivity index (χ2n) is 5.13. The first kappa shape index (κ1) is 12.7. The van der Waals surface area contributed by atoms with E-state index in [4.69, 9.17) is 10.3 Å². The standard InChI is InChI=1S/C14H16N4O2/c1-18(14(19)10-4-5-13(15)16-7-10)8-11-6-12(20-17-11)9-2-3-9/h4-7,9H,2-3,8H2,1H3,(H2,15,16). The Morgan fingerprint density at radius 3 is 2.95 bits per heavy atom. The third kappa shape index (κ3) is 2.64. The summed E-state index contributed by atoms with van der Waals surface area (Å²) < 4.78 is 5.27. The van der Waals surface area contributed by atoms with Gasteiger partial charge in [0, 0.05) is 25.2 Å². The van der Waals surface area contributed by atoms with E-state index in [1.807, 2.05) is 6.07 Å². The van der Waals surface area contributed by atoms with Crippen LogP contribution in [0, 0.1) is 0 Å². The van der Waals surface area contributed by atoms with Crippen molar-refractivity contribution in [3.05, 3.63) is 41.4 Å². The number of hydrogen-bond acceptors (Lipinski definition) is 5. The quantitative estimate of drug-likeness (QED) is 0.917. The van der Waals surface area contributed by atoms with E-state index in [2.05, 4.69) is 10.1 Å². The van der Waals surface area contributed by atoms with Crippen LogP contribution in [-0.4, -0.2) is 28.0 Å². The summed E-state index contributed by atoms with van der Waals surface area (Å²) in [6, 6.07) is 5.21. The monoisotopic (exact) mass is 272 g/mol. The van der Waals surface area contributed by atoms with Crippen molar-refractivity contribution in [3.63, 3.8) is 0 Å². The Morgan fingerprint density at radius 1 is 1.50 bits per heavy atom. The number of pyridine rings is 1. The Kier molecular flexibility index (Phi) is 3.14. The molecule has 104 valence electrons. The molecule has 1 aliphatic rings. The van der Waals surface area contributed by atoms with E-state index in [1.165, 1.54) is 19.0 Å². The van der Waals surface area contributed by atoms with Gasteiger partial charge in [-0.15, -0.1) is 0 Å². The van der Waals surface area contributed by atoms with Crippen LogP contribution in [0.4, 0.5) is 5.82 Å². The van der Waals surface area contributed by atoms with Crippen molar-refractivity contribution in [3.8, 4) is 0 Å². The lowest BCUT2D eigenvalue weighted by Crippen LogP contribution is -2.26. The Bertz CT molecular complexity index is 616. The largest absolute Gasteiger partial charge is 0.384 e. The molecule has 6 nitrogen and oxygen atoms in total. The van der Waals surface area contributed by atoms with Crippen LogP contribution < -0.4 is 5.73 Å². The average molecular weight is 272 g/mol. The molecule has 1 fully saturated rings. The number of nitrogens with zero attached hydrogens (tertiary/aromatic N) is 3. The number of carbonyl (C=O) groups excluding carboxylic acids is 1. The molecule has 0 atom stereocenters. The van der Waals surface area contributed by atoms with Crippen LogP contribution in [0.25, 0.3) is 0 Å². The SMILES string of the molecule is CN(Cc1cc(C2CC2)on1)C(=O)c1ccc(N)nc1. The van der Waals surface area contributed by atoms with Gasteiger partial charge in [0.05, 0.1) is 12.1 Å². The van der Waals surface area contributed by atoms with Crippen LogP contribution in [0.1, 0.15) is 40.6 Å². The van der Waals surface area contributed by atoms with Gasteiger partial charge in [0.25, 0.3) is 5.91 Å². The summed E-state index contributed by atoms with van der Waals surface area (Å²) in [5, 5.41) is 4.00. The predicted octanol–water partition coefficient (Wildman–Crippen LogP) is 1.80. The van der Waals surface area contributed by atoms with Crippen molar-refractivity contribution >= 4 is 11.7 Å². The topological polar surface area (TPSA) is 85.2 Å². The van der Waals surface area contributed by atoms with Crippen LogP contribution in [0.15, 0.2) is 28.9 Å². The molecule has 2 aromatic heterocycles. The summed E-state index contributed by atoms with van der Waals surface area (Å²) in [5.41, 5.74) is 6.78. The highest BCUT2D eigenvalue weighted by Gasteiger charge is 2.28. The first-order valence-electron chi connectivity index (χ1n) is 6.56. The minimum atomic E-state index is -0.117. The maximum atomic E-state index is 12.2. The highest BCUT2D eigenvalue weighted by molar-refractivity contribution is 5.93. The third-order valence-corrected chi connectivity index (χ3v) is 3.34. The molecule has 2 heterocycles. The number of carbonyl (C=O) groups is 1. The van der Waals surface area contributed by atoms with Crippen LogP contribution in [0.5, 0.6) is 0 Å². The maximum absolute atomic E-state index is 12.2. The van der Waals surface area contributed by atoms with E-state index >= 15 is 0 Å². The van der Waals surface area contributed by atoms with Gasteiger partial charge in [-0.25, -0.2) is 4.98 Å². The van der Waals surface area contributed by atoms with E-state index < -0.39 is 0 Å². The molecular weight excluding hydrogens is 256 g/mol. The first-order valence-corrected chi connectivity index (χ1v) is 6.56. The molecule has 3 rings (SSSR count). The Balaban J connectivity index is 1.66. The fraction of sp³-hybridized carbons (Fsp3) is 0.357. The van der Waals surface area contributed by atoms with E-state index in [1.54, 1.807) is 24.1 Å². The van der Waals surface area contributed by atoms with E-state index in [9.17, 15) is 4.79 Å². The fourth-order valence-electron chi connectivity index (χ4n) is 2.03. The van der Waals surface area contributed by atoms with Gasteiger partial charge in [0.15, 0.2) is 0 Å². The van der Waals surface area contributed by atoms with Crippen molar-refractivity contribution in [2.24, 2.45) is 0 Å². The average Bonchev–Trinajstić information content (AvgIpc) is 3.20. The van der Waals surface area contributed by atoms with Crippen LogP contribution >= 0.6 is 0 Å². The van der Waals surface area contributed by atoms with Crippen LogP contribution in [0.3, 0.4) is 0 Å². The summed E-state index contributed by atoms with van der Waals surface area (Å²) in [7, 11) is 1.73. The van der Waals surface area contributed by atoms with Crippen molar-refractivity contribution < 1.29 is 9.32 Å². The summed E-state index contributed by atoms with van der Waals surface area (Å²) in [6.45, 7) is 0.416. The molecule has 1 saturated carbocycles. The fourth-order valence-corrected chi connectivity index (χ4v) is 2.03. The smallest absolute Gasteiger partial charge is 0.255 e. The number of rotatable bonds is 4. The molecule has 0 aromatic carbocycles. The van der Waals surface area contributed by atoms with Gasteiger partial charge in [0.1, 0.15) is 17.3 Å². The molecule has 20 heavy (non-hydrogen) atoms. The summed E-state index contributed by atoms with van der Waals surface area (Å²) in [4.78, 5) is 17.7. The lowest BCUT2D eigenvalue weighted by Gasteiger charge is -2.15. The zero-order chi connectivity index (χ0) is 14.1. The molecule has 2 aromatic rings. The molecule has 0 bridgehead atoms. The van der Waals surface area contributed by atoms with E-state index in [0.29, 0.717) is 23.8 Å². The predicted molar refractivity (Wildman–Crippen MR) is 72.9 cm³/mol. The minimum absolute atomic E-state index is 0.117. The van der Waals surface area contributed by atoms with Gasteiger partial charge in [-0.05, 0) is 25.0 Å². The molecule has 6 heteroatoms. The molecule has 0 saturated heterocycles. The lowest BCUT2D eigenvalue weighted by molar-refractivity contribution is 0.0782. The summed E-state index contributed by atoms with van der Waals surface area (Å²) >= 11 is 0. The normalized spacial score (nSPS) is 14.2. The van der Waals surface area contributed by atoms with Crippen LogP contribution in [0.2, 0.25) is 0 Å². The number of aromatic nitrogens is 2. The first-order chi connectivity index (χ1) is 9.63. The van der Waals surface area contributed by atoms with E-state index in [-0.39, 0.29) is 5.91 Å². The Morgan fingerprint density at radius 2 is 2.30 bits per heavy atom. The maximum Gasteiger partial charge on any atom is 0.255 e. The Hall–Kier alpha value is -2.37. The number of hydrogen-bond donors (Lipinski definition) is 1. The van der Waals surface area contributed by atoms with Crippen molar-refractivity contribution in [1.29, 1.82) is 0 Å². The molecule has 0 unspecified atom stereocenters. The van der Waals surface area contributed by atoms with Gasteiger partial charge < -0.3 is 15.2 Å². The molecule has 1 aliphatic carbocycles. The highest BCUT2D eigenvalue weighted by Crippen LogP contribution is 2.40. The molecule has 0 radical (unpaired) electrons. The highest BCUT2D eigenvalue weighted by atomic mass is 16.5.